The van der Waals surface area contributed by atoms with E-state index in [4.69, 9.17) is 28.8 Å². The summed E-state index contributed by atoms with van der Waals surface area (Å²) in [4.78, 5) is 25.1. The largest absolute Gasteiger partial charge is 0.382 e. The van der Waals surface area contributed by atoms with Crippen LogP contribution in [0.3, 0.4) is 0 Å². The average molecular weight is 300 g/mol. The summed E-state index contributed by atoms with van der Waals surface area (Å²) < 4.78 is 0. The summed E-state index contributed by atoms with van der Waals surface area (Å²) in [6, 6.07) is 0. The fourth-order valence-corrected chi connectivity index (χ4v) is 1.88. The molecule has 1 rings (SSSR count). The number of amides is 1. The first kappa shape index (κ1) is 16.0. The van der Waals surface area contributed by atoms with Crippen molar-refractivity contribution >= 4 is 35.1 Å². The lowest BCUT2D eigenvalue weighted by molar-refractivity contribution is 0.0998. The van der Waals surface area contributed by atoms with Crippen molar-refractivity contribution in [3.05, 3.63) is 10.8 Å². The number of carbonyl (C=O) groups is 1. The zero-order chi connectivity index (χ0) is 15.3. The highest BCUT2D eigenvalue weighted by molar-refractivity contribution is 6.32. The van der Waals surface area contributed by atoms with Crippen LogP contribution in [0.2, 0.25) is 5.15 Å². The van der Waals surface area contributed by atoms with Gasteiger partial charge in [0.1, 0.15) is 0 Å². The van der Waals surface area contributed by atoms with Crippen molar-refractivity contribution in [2.75, 3.05) is 23.7 Å². The fraction of sp³-hybridized carbons (Fsp3) is 0.455. The summed E-state index contributed by atoms with van der Waals surface area (Å²) in [5.74, 6) is -0.775. The number of carbonyl (C=O) groups excluding carboxylic acids is 1. The normalized spacial score (nSPS) is 10.2. The number of nitrogens with two attached hydrogens (primary N) is 3. The molecule has 0 aromatic carbocycles. The number of anilines is 2. The van der Waals surface area contributed by atoms with E-state index in [2.05, 4.69) is 15.0 Å². The van der Waals surface area contributed by atoms with Crippen LogP contribution in [0.15, 0.2) is 4.99 Å². The summed E-state index contributed by atoms with van der Waals surface area (Å²) in [7, 11) is 0. The third kappa shape index (κ3) is 3.70. The first-order valence-corrected chi connectivity index (χ1v) is 6.50. The SMILES string of the molecule is CCCN(CC)c1nc(N)c(C(=O)N=C(N)N)nc1Cl. The molecule has 20 heavy (non-hydrogen) atoms. The molecule has 6 N–H and O–H groups in total. The minimum atomic E-state index is -0.776. The quantitative estimate of drug-likeness (QED) is 0.527. The van der Waals surface area contributed by atoms with Gasteiger partial charge in [-0.15, -0.1) is 0 Å². The summed E-state index contributed by atoms with van der Waals surface area (Å²) in [6.45, 7) is 5.45. The van der Waals surface area contributed by atoms with Gasteiger partial charge in [0.15, 0.2) is 28.4 Å². The van der Waals surface area contributed by atoms with E-state index in [1.165, 1.54) is 0 Å². The third-order valence-electron chi connectivity index (χ3n) is 2.47. The molecule has 0 atom stereocenters. The number of rotatable bonds is 5. The van der Waals surface area contributed by atoms with E-state index in [9.17, 15) is 4.79 Å². The Hall–Kier alpha value is -2.09. The van der Waals surface area contributed by atoms with E-state index in [-0.39, 0.29) is 22.6 Å². The molecule has 0 aliphatic rings. The molecule has 0 radical (unpaired) electrons. The molecule has 0 aliphatic carbocycles. The summed E-state index contributed by atoms with van der Waals surface area (Å²) >= 11 is 6.06. The van der Waals surface area contributed by atoms with Crippen molar-refractivity contribution in [1.29, 1.82) is 0 Å². The smallest absolute Gasteiger partial charge is 0.302 e. The predicted molar refractivity (Wildman–Crippen MR) is 79.8 cm³/mol. The number of nitrogens with zero attached hydrogens (tertiary/aromatic N) is 4. The number of hydrogen-bond donors (Lipinski definition) is 3. The number of nitrogen functional groups attached to an aromatic ring is 1. The summed E-state index contributed by atoms with van der Waals surface area (Å²) in [6.07, 6.45) is 0.917. The van der Waals surface area contributed by atoms with Gasteiger partial charge in [-0.05, 0) is 13.3 Å². The molecule has 0 saturated heterocycles. The minimum Gasteiger partial charge on any atom is -0.382 e. The van der Waals surface area contributed by atoms with Crippen molar-refractivity contribution in [3.8, 4) is 0 Å². The van der Waals surface area contributed by atoms with Crippen molar-refractivity contribution in [3.63, 3.8) is 0 Å². The Kier molecular flexibility index (Phi) is 5.51. The first-order chi connectivity index (χ1) is 9.40. The maximum atomic E-state index is 11.7. The van der Waals surface area contributed by atoms with E-state index in [0.29, 0.717) is 12.4 Å². The summed E-state index contributed by atoms with van der Waals surface area (Å²) in [5, 5.41) is 0.0867. The van der Waals surface area contributed by atoms with Gasteiger partial charge in [-0.2, -0.15) is 4.99 Å². The van der Waals surface area contributed by atoms with Crippen molar-refractivity contribution in [2.24, 2.45) is 16.5 Å². The zero-order valence-electron chi connectivity index (χ0n) is 11.4. The Morgan fingerprint density at radius 3 is 2.50 bits per heavy atom. The second kappa shape index (κ2) is 6.90. The number of aromatic nitrogens is 2. The molecule has 0 saturated carbocycles. The van der Waals surface area contributed by atoms with Crippen LogP contribution in [0.5, 0.6) is 0 Å². The highest BCUT2D eigenvalue weighted by Crippen LogP contribution is 2.24. The van der Waals surface area contributed by atoms with Gasteiger partial charge in [-0.25, -0.2) is 9.97 Å². The van der Waals surface area contributed by atoms with Crippen LogP contribution in [-0.4, -0.2) is 34.9 Å². The maximum absolute atomic E-state index is 11.7. The second-order valence-electron chi connectivity index (χ2n) is 3.99. The van der Waals surface area contributed by atoms with E-state index in [1.807, 2.05) is 18.7 Å². The number of aliphatic imine (C=N–C) groups is 1. The van der Waals surface area contributed by atoms with Gasteiger partial charge in [0.25, 0.3) is 0 Å². The highest BCUT2D eigenvalue weighted by Gasteiger charge is 2.19. The molecular formula is C11H18ClN7O. The number of guanidine groups is 1. The Morgan fingerprint density at radius 2 is 2.00 bits per heavy atom. The van der Waals surface area contributed by atoms with Gasteiger partial charge in [-0.1, -0.05) is 18.5 Å². The van der Waals surface area contributed by atoms with Crippen LogP contribution in [-0.2, 0) is 0 Å². The molecule has 1 heterocycles. The Morgan fingerprint density at radius 1 is 1.35 bits per heavy atom. The average Bonchev–Trinajstić information content (AvgIpc) is 2.37. The van der Waals surface area contributed by atoms with Gasteiger partial charge in [0, 0.05) is 13.1 Å². The van der Waals surface area contributed by atoms with E-state index < -0.39 is 5.91 Å². The van der Waals surface area contributed by atoms with Gasteiger partial charge < -0.3 is 22.1 Å². The van der Waals surface area contributed by atoms with Crippen LogP contribution in [0, 0.1) is 0 Å². The molecule has 1 aromatic rings. The van der Waals surface area contributed by atoms with Crippen LogP contribution in [0.1, 0.15) is 30.8 Å². The Balaban J connectivity index is 3.21. The minimum absolute atomic E-state index is 0.0612. The Labute approximate surface area is 122 Å². The second-order valence-corrected chi connectivity index (χ2v) is 4.35. The topological polar surface area (TPSA) is 137 Å². The lowest BCUT2D eigenvalue weighted by Crippen LogP contribution is -2.27. The zero-order valence-corrected chi connectivity index (χ0v) is 12.2. The van der Waals surface area contributed by atoms with Crippen LogP contribution in [0.4, 0.5) is 11.6 Å². The molecule has 8 nitrogen and oxygen atoms in total. The van der Waals surface area contributed by atoms with E-state index in [0.717, 1.165) is 13.0 Å². The van der Waals surface area contributed by atoms with Crippen LogP contribution >= 0.6 is 11.6 Å². The number of halogens is 1. The van der Waals surface area contributed by atoms with Gasteiger partial charge in [0.2, 0.25) is 0 Å². The van der Waals surface area contributed by atoms with Gasteiger partial charge >= 0.3 is 5.91 Å². The molecule has 110 valence electrons. The molecule has 0 aliphatic heterocycles. The maximum Gasteiger partial charge on any atom is 0.302 e. The van der Waals surface area contributed by atoms with E-state index >= 15 is 0 Å². The molecule has 1 aromatic heterocycles. The predicted octanol–water partition coefficient (Wildman–Crippen LogP) is 0.362. The molecule has 0 bridgehead atoms. The standard InChI is InChI=1S/C11H18ClN7O/c1-3-5-19(4-2)9-7(12)16-6(8(13)17-9)10(20)18-11(14)15/h3-5H2,1-2H3,(H2,13,17)(H4,14,15,18,20). The lowest BCUT2D eigenvalue weighted by atomic mass is 10.3. The van der Waals surface area contributed by atoms with Crippen molar-refractivity contribution in [2.45, 2.75) is 20.3 Å². The molecule has 0 fully saturated rings. The monoisotopic (exact) mass is 299 g/mol. The van der Waals surface area contributed by atoms with Crippen molar-refractivity contribution in [1.82, 2.24) is 9.97 Å². The lowest BCUT2D eigenvalue weighted by Gasteiger charge is -2.22. The van der Waals surface area contributed by atoms with Crippen molar-refractivity contribution < 1.29 is 4.79 Å². The van der Waals surface area contributed by atoms with E-state index in [1.54, 1.807) is 0 Å². The fourth-order valence-electron chi connectivity index (χ4n) is 1.63. The number of hydrogen-bond acceptors (Lipinski definition) is 5. The third-order valence-corrected chi connectivity index (χ3v) is 2.72. The molecular weight excluding hydrogens is 282 g/mol. The summed E-state index contributed by atoms with van der Waals surface area (Å²) in [5.41, 5.74) is 15.8. The first-order valence-electron chi connectivity index (χ1n) is 6.12. The highest BCUT2D eigenvalue weighted by atomic mass is 35.5. The molecule has 9 heteroatoms. The molecule has 0 unspecified atom stereocenters. The Bertz CT molecular complexity index is 528. The molecule has 0 spiro atoms. The van der Waals surface area contributed by atoms with Gasteiger partial charge in [0.05, 0.1) is 0 Å². The van der Waals surface area contributed by atoms with Gasteiger partial charge in [-0.3, -0.25) is 4.79 Å². The van der Waals surface area contributed by atoms with Crippen LogP contribution in [0.25, 0.3) is 0 Å². The van der Waals surface area contributed by atoms with Crippen LogP contribution < -0.4 is 22.1 Å². The molecule has 1 amide bonds.